The van der Waals surface area contributed by atoms with Gasteiger partial charge >= 0.3 is 6.18 Å². The molecule has 1 fully saturated rings. The van der Waals surface area contributed by atoms with E-state index in [-0.39, 0.29) is 33.6 Å². The van der Waals surface area contributed by atoms with Gasteiger partial charge in [-0.25, -0.2) is 13.1 Å². The molecule has 3 N–H and O–H groups in total. The normalized spacial score (nSPS) is 14.0. The summed E-state index contributed by atoms with van der Waals surface area (Å²) >= 11 is 0. The SMILES string of the molecule is COc1ccc(C(=O)Nc2cc(C(F)(F)F)ccc2NC(C)=O)cc1S(=O)(=O)NC1CC1. The number of benzene rings is 2. The summed E-state index contributed by atoms with van der Waals surface area (Å²) in [6.45, 7) is 1.16. The van der Waals surface area contributed by atoms with Crippen LogP contribution in [0.4, 0.5) is 24.5 Å². The predicted octanol–water partition coefficient (Wildman–Crippen LogP) is 3.37. The van der Waals surface area contributed by atoms with E-state index < -0.39 is 33.6 Å². The highest BCUT2D eigenvalue weighted by Gasteiger charge is 2.32. The third kappa shape index (κ3) is 5.56. The first-order chi connectivity index (χ1) is 14.9. The van der Waals surface area contributed by atoms with E-state index in [4.69, 9.17) is 4.74 Å². The number of carbonyl (C=O) groups is 2. The minimum Gasteiger partial charge on any atom is -0.495 e. The van der Waals surface area contributed by atoms with Crippen molar-refractivity contribution in [2.45, 2.75) is 36.9 Å². The maximum atomic E-state index is 13.1. The quantitative estimate of drug-likeness (QED) is 0.573. The molecular formula is C20H20F3N3O5S. The number of rotatable bonds is 7. The number of methoxy groups -OCH3 is 1. The van der Waals surface area contributed by atoms with Crippen molar-refractivity contribution in [2.24, 2.45) is 0 Å². The Labute approximate surface area is 182 Å². The number of hydrogen-bond donors (Lipinski definition) is 3. The van der Waals surface area contributed by atoms with Crippen molar-refractivity contribution in [3.05, 3.63) is 47.5 Å². The van der Waals surface area contributed by atoms with Gasteiger partial charge < -0.3 is 15.4 Å². The Balaban J connectivity index is 1.96. The van der Waals surface area contributed by atoms with E-state index in [1.165, 1.54) is 19.2 Å². The Kier molecular flexibility index (Phi) is 6.46. The van der Waals surface area contributed by atoms with Crippen molar-refractivity contribution in [3.63, 3.8) is 0 Å². The lowest BCUT2D eigenvalue weighted by molar-refractivity contribution is -0.137. The molecule has 0 heterocycles. The Morgan fingerprint density at radius 1 is 1.03 bits per heavy atom. The van der Waals surface area contributed by atoms with E-state index in [2.05, 4.69) is 15.4 Å². The molecule has 2 aromatic rings. The first kappa shape index (κ1) is 23.5. The number of amides is 2. The molecule has 1 aliphatic carbocycles. The number of ether oxygens (including phenoxy) is 1. The third-order valence-electron chi connectivity index (χ3n) is 4.52. The molecule has 0 aliphatic heterocycles. The number of carbonyl (C=O) groups excluding carboxylic acids is 2. The van der Waals surface area contributed by atoms with Gasteiger partial charge in [0, 0.05) is 18.5 Å². The van der Waals surface area contributed by atoms with Crippen LogP contribution in [0.15, 0.2) is 41.3 Å². The topological polar surface area (TPSA) is 114 Å². The van der Waals surface area contributed by atoms with Crippen LogP contribution in [0.1, 0.15) is 35.7 Å². The number of halogens is 3. The predicted molar refractivity (Wildman–Crippen MR) is 110 cm³/mol. The largest absolute Gasteiger partial charge is 0.495 e. The zero-order chi connectivity index (χ0) is 23.7. The van der Waals surface area contributed by atoms with Gasteiger partial charge in [-0.3, -0.25) is 9.59 Å². The van der Waals surface area contributed by atoms with Gasteiger partial charge in [-0.05, 0) is 49.2 Å². The van der Waals surface area contributed by atoms with E-state index in [1.54, 1.807) is 0 Å². The molecule has 2 aromatic carbocycles. The molecule has 0 radical (unpaired) electrons. The second-order valence-electron chi connectivity index (χ2n) is 7.15. The van der Waals surface area contributed by atoms with Gasteiger partial charge in [0.25, 0.3) is 5.91 Å². The molecule has 32 heavy (non-hydrogen) atoms. The molecule has 0 bridgehead atoms. The molecular weight excluding hydrogens is 451 g/mol. The average Bonchev–Trinajstić information content (AvgIpc) is 3.50. The van der Waals surface area contributed by atoms with Crippen LogP contribution >= 0.6 is 0 Å². The van der Waals surface area contributed by atoms with Gasteiger partial charge in [-0.2, -0.15) is 13.2 Å². The highest BCUT2D eigenvalue weighted by molar-refractivity contribution is 7.89. The molecule has 0 saturated heterocycles. The molecule has 3 rings (SSSR count). The van der Waals surface area contributed by atoms with Crippen LogP contribution in [0.2, 0.25) is 0 Å². The summed E-state index contributed by atoms with van der Waals surface area (Å²) in [5.41, 5.74) is -1.51. The standard InChI is InChI=1S/C20H20F3N3O5S/c1-11(27)24-15-7-4-13(20(21,22)23)10-16(15)25-19(28)12-3-8-17(31-2)18(9-12)32(29,30)26-14-5-6-14/h3-4,7-10,14,26H,5-6H2,1-2H3,(H,24,27)(H,25,28). The smallest absolute Gasteiger partial charge is 0.416 e. The summed E-state index contributed by atoms with van der Waals surface area (Å²) in [5, 5.41) is 4.65. The van der Waals surface area contributed by atoms with Crippen molar-refractivity contribution < 1.29 is 35.9 Å². The van der Waals surface area contributed by atoms with Crippen LogP contribution in [-0.4, -0.2) is 33.4 Å². The Morgan fingerprint density at radius 2 is 1.72 bits per heavy atom. The summed E-state index contributed by atoms with van der Waals surface area (Å²) in [6.07, 6.45) is -3.28. The summed E-state index contributed by atoms with van der Waals surface area (Å²) in [5.74, 6) is -1.42. The minimum atomic E-state index is -4.68. The van der Waals surface area contributed by atoms with Gasteiger partial charge in [0.05, 0.1) is 24.0 Å². The first-order valence-corrected chi connectivity index (χ1v) is 10.9. The molecule has 0 aromatic heterocycles. The van der Waals surface area contributed by atoms with E-state index in [9.17, 15) is 31.2 Å². The van der Waals surface area contributed by atoms with E-state index in [1.807, 2.05) is 0 Å². The van der Waals surface area contributed by atoms with Gasteiger partial charge in [0.2, 0.25) is 15.9 Å². The lowest BCUT2D eigenvalue weighted by Crippen LogP contribution is -2.26. The van der Waals surface area contributed by atoms with Crippen LogP contribution in [0.3, 0.4) is 0 Å². The van der Waals surface area contributed by atoms with Crippen molar-refractivity contribution in [3.8, 4) is 5.75 Å². The summed E-state index contributed by atoms with van der Waals surface area (Å²) in [4.78, 5) is 23.9. The highest BCUT2D eigenvalue weighted by atomic mass is 32.2. The average molecular weight is 471 g/mol. The van der Waals surface area contributed by atoms with Crippen molar-refractivity contribution in [1.82, 2.24) is 4.72 Å². The van der Waals surface area contributed by atoms with Crippen molar-refractivity contribution >= 4 is 33.2 Å². The molecule has 0 atom stereocenters. The molecule has 172 valence electrons. The zero-order valence-electron chi connectivity index (χ0n) is 17.0. The lowest BCUT2D eigenvalue weighted by atomic mass is 10.1. The number of anilines is 2. The van der Waals surface area contributed by atoms with E-state index >= 15 is 0 Å². The van der Waals surface area contributed by atoms with Crippen molar-refractivity contribution in [2.75, 3.05) is 17.7 Å². The number of alkyl halides is 3. The summed E-state index contributed by atoms with van der Waals surface area (Å²) in [7, 11) is -2.71. The number of sulfonamides is 1. The maximum absolute atomic E-state index is 13.1. The number of nitrogens with one attached hydrogen (secondary N) is 3. The van der Waals surface area contributed by atoms with Crippen LogP contribution in [0.5, 0.6) is 5.75 Å². The Hall–Kier alpha value is -3.12. The monoisotopic (exact) mass is 471 g/mol. The fourth-order valence-corrected chi connectivity index (χ4v) is 4.33. The molecule has 8 nitrogen and oxygen atoms in total. The highest BCUT2D eigenvalue weighted by Crippen LogP contribution is 2.35. The van der Waals surface area contributed by atoms with Crippen LogP contribution < -0.4 is 20.1 Å². The Bertz CT molecular complexity index is 1160. The lowest BCUT2D eigenvalue weighted by Gasteiger charge is -2.16. The van der Waals surface area contributed by atoms with Crippen LogP contribution in [0.25, 0.3) is 0 Å². The zero-order valence-corrected chi connectivity index (χ0v) is 17.9. The van der Waals surface area contributed by atoms with E-state index in [0.717, 1.165) is 25.1 Å². The Morgan fingerprint density at radius 3 is 2.28 bits per heavy atom. The summed E-state index contributed by atoms with van der Waals surface area (Å²) in [6, 6.07) is 5.90. The molecule has 1 saturated carbocycles. The van der Waals surface area contributed by atoms with Crippen LogP contribution in [-0.2, 0) is 21.0 Å². The van der Waals surface area contributed by atoms with Crippen molar-refractivity contribution in [1.29, 1.82) is 0 Å². The molecule has 0 unspecified atom stereocenters. The van der Waals surface area contributed by atoms with Crippen LogP contribution in [0, 0.1) is 0 Å². The molecule has 0 spiro atoms. The molecule has 12 heteroatoms. The number of hydrogen-bond acceptors (Lipinski definition) is 5. The molecule has 1 aliphatic rings. The minimum absolute atomic E-state index is 0.00713. The second kappa shape index (κ2) is 8.79. The fraction of sp³-hybridized carbons (Fsp3) is 0.300. The molecule has 2 amide bonds. The van der Waals surface area contributed by atoms with E-state index in [0.29, 0.717) is 18.9 Å². The first-order valence-electron chi connectivity index (χ1n) is 9.41. The summed E-state index contributed by atoms with van der Waals surface area (Å²) < 4.78 is 72.2. The third-order valence-corrected chi connectivity index (χ3v) is 6.06. The second-order valence-corrected chi connectivity index (χ2v) is 8.84. The van der Waals surface area contributed by atoms with Gasteiger partial charge in [-0.1, -0.05) is 0 Å². The van der Waals surface area contributed by atoms with Gasteiger partial charge in [-0.15, -0.1) is 0 Å². The van der Waals surface area contributed by atoms with Gasteiger partial charge in [0.1, 0.15) is 10.6 Å². The van der Waals surface area contributed by atoms with Gasteiger partial charge in [0.15, 0.2) is 0 Å². The maximum Gasteiger partial charge on any atom is 0.416 e. The fourth-order valence-electron chi connectivity index (χ4n) is 2.83.